The zero-order chi connectivity index (χ0) is 21.3. The van der Waals surface area contributed by atoms with E-state index in [2.05, 4.69) is 11.4 Å². The van der Waals surface area contributed by atoms with Gasteiger partial charge in [-0.15, -0.1) is 0 Å². The lowest BCUT2D eigenvalue weighted by Crippen LogP contribution is -2.52. The summed E-state index contributed by atoms with van der Waals surface area (Å²) < 4.78 is 25.6. The fourth-order valence-corrected chi connectivity index (χ4v) is 3.48. The number of rotatable bonds is 4. The maximum atomic E-state index is 14.5. The number of benzene rings is 2. The summed E-state index contributed by atoms with van der Waals surface area (Å²) in [5.41, 5.74) is 1.83. The number of anilines is 1. The van der Waals surface area contributed by atoms with Crippen molar-refractivity contribution in [1.82, 2.24) is 4.90 Å². The molecule has 0 atom stereocenters. The van der Waals surface area contributed by atoms with Crippen molar-refractivity contribution < 1.29 is 23.5 Å². The molecule has 2 aromatic carbocycles. The number of nitrogens with zero attached hydrogens (tertiary/aromatic N) is 2. The van der Waals surface area contributed by atoms with Crippen LogP contribution in [0.15, 0.2) is 30.3 Å². The van der Waals surface area contributed by atoms with Gasteiger partial charge in [-0.3, -0.25) is 9.59 Å². The van der Waals surface area contributed by atoms with E-state index in [1.165, 1.54) is 6.07 Å². The van der Waals surface area contributed by atoms with E-state index in [9.17, 15) is 14.0 Å². The van der Waals surface area contributed by atoms with Gasteiger partial charge in [-0.05, 0) is 36.8 Å². The lowest BCUT2D eigenvalue weighted by molar-refractivity contribution is -0.119. The van der Waals surface area contributed by atoms with Crippen LogP contribution in [0.1, 0.15) is 21.5 Å². The minimum Gasteiger partial charge on any atom is -0.493 e. The van der Waals surface area contributed by atoms with Crippen LogP contribution in [-0.4, -0.2) is 49.4 Å². The molecule has 8 heteroatoms. The Balaban J connectivity index is 1.35. The number of nitrogens with one attached hydrogen (secondary N) is 1. The number of hydrogen-bond donors (Lipinski definition) is 1. The molecule has 1 saturated heterocycles. The van der Waals surface area contributed by atoms with Gasteiger partial charge in [0.2, 0.25) is 0 Å². The minimum absolute atomic E-state index is 0.0542. The van der Waals surface area contributed by atoms with Gasteiger partial charge in [-0.2, -0.15) is 5.26 Å². The van der Waals surface area contributed by atoms with Crippen molar-refractivity contribution >= 4 is 17.4 Å². The Morgan fingerprint density at radius 2 is 2.17 bits per heavy atom. The van der Waals surface area contributed by atoms with Gasteiger partial charge in [0.25, 0.3) is 5.91 Å². The summed E-state index contributed by atoms with van der Waals surface area (Å²) in [5.74, 6) is -0.158. The van der Waals surface area contributed by atoms with E-state index in [4.69, 9.17) is 14.7 Å². The van der Waals surface area contributed by atoms with Crippen molar-refractivity contribution in [2.24, 2.45) is 5.92 Å². The van der Waals surface area contributed by atoms with Crippen LogP contribution in [0.25, 0.3) is 0 Å². The summed E-state index contributed by atoms with van der Waals surface area (Å²) in [6.45, 7) is 3.18. The first-order chi connectivity index (χ1) is 14.4. The third kappa shape index (κ3) is 3.92. The summed E-state index contributed by atoms with van der Waals surface area (Å²) in [5, 5.41) is 11.8. The number of carbonyl (C=O) groups excluding carboxylic acids is 2. The molecule has 1 fully saturated rings. The molecule has 30 heavy (non-hydrogen) atoms. The highest BCUT2D eigenvalue weighted by Gasteiger charge is 2.33. The molecule has 2 aromatic rings. The van der Waals surface area contributed by atoms with Crippen LogP contribution in [-0.2, 0) is 4.79 Å². The van der Waals surface area contributed by atoms with Crippen LogP contribution >= 0.6 is 0 Å². The molecule has 2 aliphatic heterocycles. The molecule has 4 rings (SSSR count). The monoisotopic (exact) mass is 409 g/mol. The Bertz CT molecular complexity index is 1060. The van der Waals surface area contributed by atoms with Crippen molar-refractivity contribution in [3.63, 3.8) is 0 Å². The summed E-state index contributed by atoms with van der Waals surface area (Å²) in [4.78, 5) is 25.8. The van der Waals surface area contributed by atoms with Gasteiger partial charge in [0, 0.05) is 25.1 Å². The van der Waals surface area contributed by atoms with Crippen LogP contribution in [0.2, 0.25) is 0 Å². The molecule has 0 bridgehead atoms. The number of hydrogen-bond acceptors (Lipinski definition) is 6. The van der Waals surface area contributed by atoms with E-state index >= 15 is 0 Å². The molecule has 0 aliphatic carbocycles. The number of nitriles is 1. The molecule has 1 amide bonds. The van der Waals surface area contributed by atoms with Gasteiger partial charge in [0.15, 0.2) is 5.78 Å². The van der Waals surface area contributed by atoms with Gasteiger partial charge in [0.1, 0.15) is 23.9 Å². The highest BCUT2D eigenvalue weighted by Crippen LogP contribution is 2.31. The maximum Gasteiger partial charge on any atom is 0.256 e. The molecule has 1 N–H and O–H groups in total. The van der Waals surface area contributed by atoms with E-state index < -0.39 is 11.7 Å². The van der Waals surface area contributed by atoms with Gasteiger partial charge in [-0.1, -0.05) is 0 Å². The Morgan fingerprint density at radius 1 is 1.37 bits per heavy atom. The second-order valence-electron chi connectivity index (χ2n) is 7.49. The SMILES string of the molecule is Cc1cc(C#N)ccc1OCC1CN(C(=O)c2cc3c(cc2F)OCC(=O)CN3)C1. The fraction of sp³-hybridized carbons (Fsp3) is 0.318. The smallest absolute Gasteiger partial charge is 0.256 e. The van der Waals surface area contributed by atoms with Crippen LogP contribution < -0.4 is 14.8 Å². The van der Waals surface area contributed by atoms with E-state index in [0.29, 0.717) is 36.7 Å². The van der Waals surface area contributed by atoms with Crippen molar-refractivity contribution in [3.05, 3.63) is 52.8 Å². The topological polar surface area (TPSA) is 91.7 Å². The number of carbonyl (C=O) groups is 2. The van der Waals surface area contributed by atoms with Gasteiger partial charge >= 0.3 is 0 Å². The number of ether oxygens (including phenoxy) is 2. The first-order valence-corrected chi connectivity index (χ1v) is 9.59. The lowest BCUT2D eigenvalue weighted by Gasteiger charge is -2.39. The number of Topliss-reactive ketones (excluding diaryl/α,β-unsaturated/α-hetero) is 1. The van der Waals surface area contributed by atoms with Crippen molar-refractivity contribution in [1.29, 1.82) is 5.26 Å². The highest BCUT2D eigenvalue weighted by atomic mass is 19.1. The summed E-state index contributed by atoms with van der Waals surface area (Å²) in [7, 11) is 0. The Kier molecular flexibility index (Phi) is 5.27. The van der Waals surface area contributed by atoms with Gasteiger partial charge < -0.3 is 19.7 Å². The molecule has 2 heterocycles. The molecular formula is C22H20FN3O4. The summed E-state index contributed by atoms with van der Waals surface area (Å²) in [6.07, 6.45) is 0. The van der Waals surface area contributed by atoms with Crippen LogP contribution in [0.5, 0.6) is 11.5 Å². The molecule has 0 radical (unpaired) electrons. The molecular weight excluding hydrogens is 389 g/mol. The number of halogens is 1. The number of amides is 1. The fourth-order valence-electron chi connectivity index (χ4n) is 3.48. The number of fused-ring (bicyclic) bond motifs is 1. The third-order valence-corrected chi connectivity index (χ3v) is 5.19. The molecule has 0 aromatic heterocycles. The molecule has 2 aliphatic rings. The zero-order valence-corrected chi connectivity index (χ0v) is 16.4. The average molecular weight is 409 g/mol. The van der Waals surface area contributed by atoms with Crippen molar-refractivity contribution in [2.75, 3.05) is 38.2 Å². The quantitative estimate of drug-likeness (QED) is 0.835. The second kappa shape index (κ2) is 8.03. The van der Waals surface area contributed by atoms with Crippen molar-refractivity contribution in [2.45, 2.75) is 6.92 Å². The summed E-state index contributed by atoms with van der Waals surface area (Å²) >= 11 is 0. The van der Waals surface area contributed by atoms with Crippen molar-refractivity contribution in [3.8, 4) is 17.6 Å². The Labute approximate surface area is 173 Å². The number of likely N-dealkylation sites (tertiary alicyclic amines) is 1. The standard InChI is InChI=1S/C22H20FN3O4/c1-13-4-14(7-24)2-3-20(13)29-11-15-9-26(10-15)22(28)17-5-19-21(6-18(17)23)30-12-16(27)8-25-19/h2-6,15,25H,8-12H2,1H3. The maximum absolute atomic E-state index is 14.5. The lowest BCUT2D eigenvalue weighted by atomic mass is 9.99. The first-order valence-electron chi connectivity index (χ1n) is 9.59. The highest BCUT2D eigenvalue weighted by molar-refractivity contribution is 5.97. The van der Waals surface area contributed by atoms with E-state index in [1.807, 2.05) is 6.92 Å². The van der Waals surface area contributed by atoms with Gasteiger partial charge in [-0.25, -0.2) is 4.39 Å². The molecule has 0 saturated carbocycles. The predicted octanol–water partition coefficient (Wildman–Crippen LogP) is 2.53. The molecule has 154 valence electrons. The van der Waals surface area contributed by atoms with Crippen LogP contribution in [0.4, 0.5) is 10.1 Å². The molecule has 0 unspecified atom stereocenters. The minimum atomic E-state index is -0.678. The number of ketones is 1. The second-order valence-corrected chi connectivity index (χ2v) is 7.49. The average Bonchev–Trinajstić information content (AvgIpc) is 2.88. The van der Waals surface area contributed by atoms with E-state index in [1.54, 1.807) is 23.1 Å². The molecule has 7 nitrogen and oxygen atoms in total. The third-order valence-electron chi connectivity index (χ3n) is 5.19. The zero-order valence-electron chi connectivity index (χ0n) is 16.4. The first kappa shape index (κ1) is 19.7. The van der Waals surface area contributed by atoms with Gasteiger partial charge in [0.05, 0.1) is 36.0 Å². The predicted molar refractivity (Wildman–Crippen MR) is 106 cm³/mol. The normalized spacial score (nSPS) is 15.8. The Morgan fingerprint density at radius 3 is 2.90 bits per heavy atom. The van der Waals surface area contributed by atoms with Crippen LogP contribution in [0.3, 0.4) is 0 Å². The largest absolute Gasteiger partial charge is 0.493 e. The van der Waals surface area contributed by atoms with E-state index in [0.717, 1.165) is 11.6 Å². The summed E-state index contributed by atoms with van der Waals surface area (Å²) in [6, 6.07) is 9.85. The van der Waals surface area contributed by atoms with E-state index in [-0.39, 0.29) is 36.2 Å². The number of aryl methyl sites for hydroxylation is 1. The van der Waals surface area contributed by atoms with Crippen LogP contribution in [0, 0.1) is 30.0 Å². The molecule has 0 spiro atoms. The Hall–Kier alpha value is -3.60.